The van der Waals surface area contributed by atoms with E-state index < -0.39 is 0 Å². The summed E-state index contributed by atoms with van der Waals surface area (Å²) < 4.78 is 14.2. The molecule has 0 radical (unpaired) electrons. The van der Waals surface area contributed by atoms with Crippen molar-refractivity contribution < 1.29 is 9.47 Å². The summed E-state index contributed by atoms with van der Waals surface area (Å²) in [6.45, 7) is 0. The summed E-state index contributed by atoms with van der Waals surface area (Å²) >= 11 is 2.37. The second kappa shape index (κ2) is 7.28. The Balaban J connectivity index is 2.11. The summed E-state index contributed by atoms with van der Waals surface area (Å²) in [4.78, 5) is 17.4. The van der Waals surface area contributed by atoms with Crippen molar-refractivity contribution in [3.05, 3.63) is 80.7 Å². The second-order valence-corrected chi connectivity index (χ2v) is 7.95. The lowest BCUT2D eigenvalue weighted by Gasteiger charge is -2.18. The highest BCUT2D eigenvalue weighted by Crippen LogP contribution is 2.40. The fourth-order valence-corrected chi connectivity index (χ4v) is 4.90. The normalized spacial score (nSPS) is 11.3. The molecule has 0 spiro atoms. The molecule has 2 aromatic heterocycles. The summed E-state index contributed by atoms with van der Waals surface area (Å²) in [5, 5.41) is 2.37. The van der Waals surface area contributed by atoms with Crippen molar-refractivity contribution in [2.24, 2.45) is 0 Å². The van der Waals surface area contributed by atoms with Crippen molar-refractivity contribution in [3.8, 4) is 22.8 Å². The first-order valence-corrected chi connectivity index (χ1v) is 10.5. The molecule has 0 fully saturated rings. The highest BCUT2D eigenvalue weighted by molar-refractivity contribution is 14.1. The van der Waals surface area contributed by atoms with Crippen LogP contribution in [-0.4, -0.2) is 23.6 Å². The van der Waals surface area contributed by atoms with Gasteiger partial charge in [-0.05, 0) is 52.4 Å². The van der Waals surface area contributed by atoms with E-state index in [1.165, 1.54) is 0 Å². The van der Waals surface area contributed by atoms with Crippen LogP contribution in [0.25, 0.3) is 38.6 Å². The summed E-state index contributed by atoms with van der Waals surface area (Å²) in [5.41, 5.74) is 3.19. The monoisotopic (exact) mass is 508 g/mol. The quantitative estimate of drug-likeness (QED) is 0.246. The van der Waals surface area contributed by atoms with Gasteiger partial charge in [-0.2, -0.15) is 4.98 Å². The van der Waals surface area contributed by atoms with E-state index in [9.17, 15) is 4.79 Å². The zero-order valence-corrected chi connectivity index (χ0v) is 18.5. The molecule has 2 heterocycles. The Bertz CT molecular complexity index is 1490. The molecule has 3 aromatic carbocycles. The summed E-state index contributed by atoms with van der Waals surface area (Å²) in [6.07, 6.45) is 0. The first kappa shape index (κ1) is 18.9. The van der Waals surface area contributed by atoms with Crippen LogP contribution in [0, 0.1) is 3.57 Å². The topological polar surface area (TPSA) is 52.8 Å². The van der Waals surface area contributed by atoms with Gasteiger partial charge in [-0.15, -0.1) is 0 Å². The van der Waals surface area contributed by atoms with E-state index in [1.54, 1.807) is 14.2 Å². The van der Waals surface area contributed by atoms with E-state index in [-0.39, 0.29) is 5.56 Å². The van der Waals surface area contributed by atoms with Gasteiger partial charge in [0.1, 0.15) is 5.65 Å². The predicted molar refractivity (Wildman–Crippen MR) is 128 cm³/mol. The van der Waals surface area contributed by atoms with E-state index in [0.717, 1.165) is 31.1 Å². The van der Waals surface area contributed by atoms with Gasteiger partial charge >= 0.3 is 0 Å². The minimum atomic E-state index is -0.248. The van der Waals surface area contributed by atoms with Crippen LogP contribution in [0.1, 0.15) is 0 Å². The molecule has 0 bridgehead atoms. The molecule has 0 unspecified atom stereocenters. The van der Waals surface area contributed by atoms with Gasteiger partial charge in [0.25, 0.3) is 5.56 Å². The van der Waals surface area contributed by atoms with Crippen LogP contribution in [0.5, 0.6) is 11.5 Å². The van der Waals surface area contributed by atoms with Gasteiger partial charge in [0, 0.05) is 14.3 Å². The molecule has 0 saturated heterocycles. The van der Waals surface area contributed by atoms with Crippen LogP contribution in [-0.2, 0) is 0 Å². The number of benzene rings is 3. The third-order valence-corrected chi connectivity index (χ3v) is 6.37. The van der Waals surface area contributed by atoms with Crippen LogP contribution in [0.2, 0.25) is 0 Å². The number of hydrogen-bond acceptors (Lipinski definition) is 4. The number of rotatable bonds is 3. The smallest absolute Gasteiger partial charge is 0.281 e. The number of fused-ring (bicyclic) bond motifs is 5. The fourth-order valence-electron chi connectivity index (χ4n) is 3.90. The lowest BCUT2D eigenvalue weighted by atomic mass is 10.0. The zero-order valence-electron chi connectivity index (χ0n) is 16.3. The number of pyridine rings is 1. The molecule has 0 amide bonds. The molecular weight excluding hydrogens is 491 g/mol. The molecule has 0 saturated carbocycles. The molecule has 6 heteroatoms. The van der Waals surface area contributed by atoms with E-state index >= 15 is 0 Å². The highest BCUT2D eigenvalue weighted by Gasteiger charge is 2.20. The standard InChI is InChI=1S/C24H17IN2O3/c1-29-19-12-16-17(13-20(19)30-2)23-26-24(28)15-10-6-7-11-18(15)27(23)22(21(16)25)14-8-4-3-5-9-14/h3-13H,1-2H3. The van der Waals surface area contributed by atoms with Crippen molar-refractivity contribution in [2.45, 2.75) is 0 Å². The van der Waals surface area contributed by atoms with Crippen LogP contribution < -0.4 is 15.0 Å². The van der Waals surface area contributed by atoms with Crippen molar-refractivity contribution in [1.29, 1.82) is 0 Å². The van der Waals surface area contributed by atoms with Crippen molar-refractivity contribution in [2.75, 3.05) is 14.2 Å². The Morgan fingerprint density at radius 1 is 0.833 bits per heavy atom. The first-order chi connectivity index (χ1) is 14.6. The van der Waals surface area contributed by atoms with Gasteiger partial charge in [0.2, 0.25) is 0 Å². The maximum atomic E-state index is 12.9. The number of nitrogens with zero attached hydrogens (tertiary/aromatic N) is 2. The van der Waals surface area contributed by atoms with Gasteiger partial charge in [-0.3, -0.25) is 9.20 Å². The highest BCUT2D eigenvalue weighted by atomic mass is 127. The van der Waals surface area contributed by atoms with Gasteiger partial charge in [0.15, 0.2) is 11.5 Å². The maximum absolute atomic E-state index is 12.9. The molecule has 0 aliphatic heterocycles. The second-order valence-electron chi connectivity index (χ2n) is 6.87. The lowest BCUT2D eigenvalue weighted by Crippen LogP contribution is -2.13. The Morgan fingerprint density at radius 2 is 1.47 bits per heavy atom. The summed E-state index contributed by atoms with van der Waals surface area (Å²) in [5.74, 6) is 1.23. The average molecular weight is 508 g/mol. The molecule has 0 aliphatic carbocycles. The van der Waals surface area contributed by atoms with Crippen molar-refractivity contribution >= 4 is 49.9 Å². The van der Waals surface area contributed by atoms with E-state index in [2.05, 4.69) is 44.1 Å². The Labute approximate surface area is 186 Å². The maximum Gasteiger partial charge on any atom is 0.281 e. The molecule has 0 atom stereocenters. The number of halogens is 1. The predicted octanol–water partition coefficient (Wildman–Crippen LogP) is 5.29. The van der Waals surface area contributed by atoms with Gasteiger partial charge in [-0.1, -0.05) is 42.5 Å². The molecule has 0 aliphatic rings. The van der Waals surface area contributed by atoms with E-state index in [4.69, 9.17) is 9.47 Å². The molecular formula is C24H17IN2O3. The number of hydrogen-bond donors (Lipinski definition) is 0. The van der Waals surface area contributed by atoms with E-state index in [1.807, 2.05) is 54.6 Å². The van der Waals surface area contributed by atoms with Gasteiger partial charge in [-0.25, -0.2) is 0 Å². The average Bonchev–Trinajstić information content (AvgIpc) is 2.80. The third-order valence-electron chi connectivity index (χ3n) is 5.27. The molecule has 5 nitrogen and oxygen atoms in total. The summed E-state index contributed by atoms with van der Waals surface area (Å²) in [6, 6.07) is 21.6. The SMILES string of the molecule is COc1cc2c(I)c(-c3ccccc3)n3c4ccccc4c(=O)nc3c2cc1OC. The third kappa shape index (κ3) is 2.74. The van der Waals surface area contributed by atoms with Crippen LogP contribution in [0.15, 0.2) is 71.5 Å². The Morgan fingerprint density at radius 3 is 2.17 bits per heavy atom. The molecule has 5 rings (SSSR count). The molecule has 148 valence electrons. The number of ether oxygens (including phenoxy) is 2. The van der Waals surface area contributed by atoms with E-state index in [0.29, 0.717) is 22.5 Å². The summed E-state index contributed by atoms with van der Waals surface area (Å²) in [7, 11) is 3.22. The van der Waals surface area contributed by atoms with Crippen molar-refractivity contribution in [3.63, 3.8) is 0 Å². The molecule has 5 aromatic rings. The lowest BCUT2D eigenvalue weighted by molar-refractivity contribution is 0.356. The number of methoxy groups -OCH3 is 2. The first-order valence-electron chi connectivity index (χ1n) is 9.38. The van der Waals surface area contributed by atoms with Crippen LogP contribution >= 0.6 is 22.6 Å². The largest absolute Gasteiger partial charge is 0.493 e. The number of aromatic nitrogens is 2. The fraction of sp³-hybridized carbons (Fsp3) is 0.0833. The Kier molecular flexibility index (Phi) is 4.58. The molecule has 30 heavy (non-hydrogen) atoms. The van der Waals surface area contributed by atoms with Crippen LogP contribution in [0.4, 0.5) is 0 Å². The minimum absolute atomic E-state index is 0.248. The zero-order chi connectivity index (χ0) is 20.8. The van der Waals surface area contributed by atoms with Crippen molar-refractivity contribution in [1.82, 2.24) is 9.38 Å². The Hall–Kier alpha value is -3.13. The molecule has 0 N–H and O–H groups in total. The van der Waals surface area contributed by atoms with Crippen LogP contribution in [0.3, 0.4) is 0 Å². The number of para-hydroxylation sites is 1. The van der Waals surface area contributed by atoms with Gasteiger partial charge < -0.3 is 9.47 Å². The minimum Gasteiger partial charge on any atom is -0.493 e. The van der Waals surface area contributed by atoms with Gasteiger partial charge in [0.05, 0.1) is 30.8 Å².